The molecule has 146 valence electrons. The summed E-state index contributed by atoms with van der Waals surface area (Å²) >= 11 is 0. The number of hydrogen-bond acceptors (Lipinski definition) is 5. The van der Waals surface area contributed by atoms with Gasteiger partial charge in [-0.2, -0.15) is 0 Å². The summed E-state index contributed by atoms with van der Waals surface area (Å²) in [5.74, 6) is -0.637. The molecule has 0 saturated carbocycles. The number of hydrogen-bond donors (Lipinski definition) is 1. The Morgan fingerprint density at radius 1 is 1.33 bits per heavy atom. The van der Waals surface area contributed by atoms with Gasteiger partial charge in [0.15, 0.2) is 6.61 Å². The molecule has 0 spiro atoms. The van der Waals surface area contributed by atoms with Gasteiger partial charge in [0.05, 0.1) is 12.5 Å². The van der Waals surface area contributed by atoms with Crippen LogP contribution in [-0.2, 0) is 19.1 Å². The van der Waals surface area contributed by atoms with E-state index in [1.165, 1.54) is 4.90 Å². The molecule has 8 nitrogen and oxygen atoms in total. The van der Waals surface area contributed by atoms with Crippen molar-refractivity contribution >= 4 is 23.5 Å². The van der Waals surface area contributed by atoms with Gasteiger partial charge >= 0.3 is 5.97 Å². The van der Waals surface area contributed by atoms with E-state index >= 15 is 0 Å². The molecular formula is C19H24N2O6. The van der Waals surface area contributed by atoms with E-state index in [0.717, 1.165) is 12.1 Å². The molecule has 2 saturated heterocycles. The maximum absolute atomic E-state index is 12.6. The lowest BCUT2D eigenvalue weighted by Crippen LogP contribution is -2.40. The second-order valence-electron chi connectivity index (χ2n) is 6.83. The quantitative estimate of drug-likeness (QED) is 0.770. The highest BCUT2D eigenvalue weighted by molar-refractivity contribution is 5.95. The second kappa shape index (κ2) is 8.39. The minimum Gasteiger partial charge on any atom is -0.484 e. The van der Waals surface area contributed by atoms with Crippen LogP contribution in [0.15, 0.2) is 24.3 Å². The van der Waals surface area contributed by atoms with E-state index in [0.29, 0.717) is 31.7 Å². The first-order valence-corrected chi connectivity index (χ1v) is 9.05. The Bertz CT molecular complexity index is 722. The molecule has 3 rings (SSSR count). The topological polar surface area (TPSA) is 96.4 Å². The minimum absolute atomic E-state index is 0.0856. The molecule has 1 aromatic rings. The van der Waals surface area contributed by atoms with E-state index in [9.17, 15) is 14.4 Å². The van der Waals surface area contributed by atoms with Gasteiger partial charge in [0.25, 0.3) is 5.91 Å². The molecule has 1 aromatic carbocycles. The van der Waals surface area contributed by atoms with Crippen LogP contribution in [0.1, 0.15) is 25.7 Å². The third kappa shape index (κ3) is 4.57. The lowest BCUT2D eigenvalue weighted by Gasteiger charge is -2.23. The van der Waals surface area contributed by atoms with Gasteiger partial charge in [0.2, 0.25) is 5.91 Å². The number of anilines is 1. The molecule has 0 aromatic heterocycles. The molecule has 27 heavy (non-hydrogen) atoms. The number of nitrogens with zero attached hydrogens (tertiary/aromatic N) is 2. The fourth-order valence-corrected chi connectivity index (χ4v) is 3.64. The van der Waals surface area contributed by atoms with E-state index in [2.05, 4.69) is 0 Å². The highest BCUT2D eigenvalue weighted by Gasteiger charge is 2.36. The number of carboxylic acids is 1. The molecule has 2 heterocycles. The summed E-state index contributed by atoms with van der Waals surface area (Å²) in [6.45, 7) is 0.854. The van der Waals surface area contributed by atoms with Crippen molar-refractivity contribution in [2.45, 2.75) is 37.8 Å². The first-order valence-electron chi connectivity index (χ1n) is 9.05. The van der Waals surface area contributed by atoms with Crippen molar-refractivity contribution in [2.24, 2.45) is 0 Å². The fourth-order valence-electron chi connectivity index (χ4n) is 3.64. The SMILES string of the molecule is COC1CC(CC(=O)O)N(C(=O)COc2cccc(N3CCCC3=O)c2)C1. The summed E-state index contributed by atoms with van der Waals surface area (Å²) in [4.78, 5) is 38.7. The van der Waals surface area contributed by atoms with E-state index in [-0.39, 0.29) is 30.9 Å². The van der Waals surface area contributed by atoms with Crippen LogP contribution in [0.3, 0.4) is 0 Å². The number of benzene rings is 1. The van der Waals surface area contributed by atoms with Gasteiger partial charge in [-0.25, -0.2) is 0 Å². The van der Waals surface area contributed by atoms with Crippen LogP contribution in [0.5, 0.6) is 5.75 Å². The summed E-state index contributed by atoms with van der Waals surface area (Å²) in [5, 5.41) is 9.05. The Balaban J connectivity index is 1.61. The number of aliphatic carboxylic acids is 1. The molecule has 0 bridgehead atoms. The van der Waals surface area contributed by atoms with Gasteiger partial charge < -0.3 is 24.4 Å². The number of methoxy groups -OCH3 is 1. The minimum atomic E-state index is -0.946. The van der Waals surface area contributed by atoms with Crippen molar-refractivity contribution in [1.29, 1.82) is 0 Å². The Morgan fingerprint density at radius 2 is 2.15 bits per heavy atom. The molecule has 2 unspecified atom stereocenters. The third-order valence-corrected chi connectivity index (χ3v) is 5.01. The van der Waals surface area contributed by atoms with Crippen molar-refractivity contribution < 1.29 is 29.0 Å². The van der Waals surface area contributed by atoms with Gasteiger partial charge in [-0.1, -0.05) is 6.07 Å². The lowest BCUT2D eigenvalue weighted by atomic mass is 10.1. The standard InChI is InChI=1S/C19H24N2O6/c1-26-16-9-14(10-19(24)25)21(11-16)18(23)12-27-15-5-2-4-13(8-15)20-7-3-6-17(20)22/h2,4-5,8,14,16H,3,6-7,9-12H2,1H3,(H,24,25). The van der Waals surface area contributed by atoms with Crippen LogP contribution in [0.4, 0.5) is 5.69 Å². The average Bonchev–Trinajstić information content (AvgIpc) is 3.25. The summed E-state index contributed by atoms with van der Waals surface area (Å²) in [7, 11) is 1.55. The predicted molar refractivity (Wildman–Crippen MR) is 96.7 cm³/mol. The second-order valence-corrected chi connectivity index (χ2v) is 6.83. The largest absolute Gasteiger partial charge is 0.484 e. The van der Waals surface area contributed by atoms with Gasteiger partial charge in [-0.15, -0.1) is 0 Å². The summed E-state index contributed by atoms with van der Waals surface area (Å²) in [6, 6.07) is 6.70. The molecule has 0 aliphatic carbocycles. The molecule has 2 amide bonds. The molecule has 8 heteroatoms. The van der Waals surface area contributed by atoms with E-state index < -0.39 is 12.0 Å². The first-order chi connectivity index (χ1) is 13.0. The molecular weight excluding hydrogens is 352 g/mol. The maximum Gasteiger partial charge on any atom is 0.305 e. The number of carboxylic acid groups (broad SMARTS) is 1. The van der Waals surface area contributed by atoms with Gasteiger partial charge in [0.1, 0.15) is 5.75 Å². The lowest BCUT2D eigenvalue weighted by molar-refractivity contribution is -0.140. The molecule has 2 aliphatic heterocycles. The van der Waals surface area contributed by atoms with Crippen molar-refractivity contribution in [3.63, 3.8) is 0 Å². The number of rotatable bonds is 7. The molecule has 2 atom stereocenters. The zero-order valence-corrected chi connectivity index (χ0v) is 15.3. The highest BCUT2D eigenvalue weighted by atomic mass is 16.5. The zero-order chi connectivity index (χ0) is 19.4. The Kier molecular flexibility index (Phi) is 5.95. The molecule has 2 aliphatic rings. The molecule has 1 N–H and O–H groups in total. The van der Waals surface area contributed by atoms with Crippen LogP contribution in [-0.4, -0.2) is 66.7 Å². The van der Waals surface area contributed by atoms with E-state index in [1.807, 2.05) is 6.07 Å². The third-order valence-electron chi connectivity index (χ3n) is 5.01. The average molecular weight is 376 g/mol. The maximum atomic E-state index is 12.6. The van der Waals surface area contributed by atoms with Crippen molar-refractivity contribution in [3.8, 4) is 5.75 Å². The number of likely N-dealkylation sites (tertiary alicyclic amines) is 1. The van der Waals surface area contributed by atoms with Crippen molar-refractivity contribution in [3.05, 3.63) is 24.3 Å². The summed E-state index contributed by atoms with van der Waals surface area (Å²) in [5.41, 5.74) is 0.756. The number of carbonyl (C=O) groups excluding carboxylic acids is 2. The van der Waals surface area contributed by atoms with Crippen LogP contribution in [0, 0.1) is 0 Å². The van der Waals surface area contributed by atoms with E-state index in [4.69, 9.17) is 14.6 Å². The van der Waals surface area contributed by atoms with Crippen LogP contribution in [0.25, 0.3) is 0 Å². The van der Waals surface area contributed by atoms with E-state index in [1.54, 1.807) is 30.2 Å². The van der Waals surface area contributed by atoms with Gasteiger partial charge in [-0.05, 0) is 25.0 Å². The first kappa shape index (κ1) is 19.2. The number of carbonyl (C=O) groups is 3. The monoisotopic (exact) mass is 376 g/mol. The van der Waals surface area contributed by atoms with Gasteiger partial charge in [-0.3, -0.25) is 14.4 Å². The Morgan fingerprint density at radius 3 is 2.81 bits per heavy atom. The van der Waals surface area contributed by atoms with Gasteiger partial charge in [0, 0.05) is 44.4 Å². The highest BCUT2D eigenvalue weighted by Crippen LogP contribution is 2.26. The van der Waals surface area contributed by atoms with Crippen LogP contribution < -0.4 is 9.64 Å². The van der Waals surface area contributed by atoms with Crippen molar-refractivity contribution in [2.75, 3.05) is 31.7 Å². The Hall–Kier alpha value is -2.61. The van der Waals surface area contributed by atoms with Crippen molar-refractivity contribution in [1.82, 2.24) is 4.90 Å². The molecule has 2 fully saturated rings. The Labute approximate surface area is 157 Å². The summed E-state index contributed by atoms with van der Waals surface area (Å²) in [6.07, 6.45) is 1.61. The summed E-state index contributed by atoms with van der Waals surface area (Å²) < 4.78 is 10.9. The number of amides is 2. The predicted octanol–water partition coefficient (Wildman–Crippen LogP) is 1.28. The fraction of sp³-hybridized carbons (Fsp3) is 0.526. The number of ether oxygens (including phenoxy) is 2. The zero-order valence-electron chi connectivity index (χ0n) is 15.3. The molecule has 0 radical (unpaired) electrons. The van der Waals surface area contributed by atoms with Crippen LogP contribution in [0.2, 0.25) is 0 Å². The smallest absolute Gasteiger partial charge is 0.305 e. The normalized spacial score (nSPS) is 22.3. The van der Waals surface area contributed by atoms with Crippen LogP contribution >= 0.6 is 0 Å².